The van der Waals surface area contributed by atoms with Crippen LogP contribution in [0.15, 0.2) is 12.2 Å². The largest absolute Gasteiger partial charge is 0.466 e. The molecular weight excluding hydrogens is 296 g/mol. The Hall–Kier alpha value is -0.790. The fraction of sp³-hybridized carbons (Fsp3) is 0.864. The molecule has 138 valence electrons. The Morgan fingerprint density at radius 1 is 1.33 bits per heavy atom. The average Bonchev–Trinajstić information content (AvgIpc) is 2.45. The molecule has 0 N–H and O–H groups in total. The second kappa shape index (κ2) is 7.62. The van der Waals surface area contributed by atoms with Crippen molar-refractivity contribution >= 4 is 5.97 Å². The van der Waals surface area contributed by atoms with Gasteiger partial charge >= 0.3 is 5.97 Å². The van der Waals surface area contributed by atoms with E-state index in [0.717, 1.165) is 12.3 Å². The van der Waals surface area contributed by atoms with Crippen LogP contribution in [-0.4, -0.2) is 12.6 Å². The molecule has 0 aromatic carbocycles. The second-order valence-electron chi connectivity index (χ2n) is 9.34. The first-order valence-corrected chi connectivity index (χ1v) is 10.0. The average molecular weight is 335 g/mol. The number of hydrogen-bond acceptors (Lipinski definition) is 2. The minimum absolute atomic E-state index is 0.0460. The zero-order chi connectivity index (χ0) is 18.0. The van der Waals surface area contributed by atoms with Gasteiger partial charge in [0.1, 0.15) is 0 Å². The van der Waals surface area contributed by atoms with E-state index in [-0.39, 0.29) is 5.97 Å². The third-order valence-corrected chi connectivity index (χ3v) is 7.09. The molecule has 0 spiro atoms. The first-order valence-electron chi connectivity index (χ1n) is 10.0. The lowest BCUT2D eigenvalue weighted by atomic mass is 9.47. The van der Waals surface area contributed by atoms with E-state index in [2.05, 4.69) is 34.3 Å². The normalized spacial score (nSPS) is 33.6. The molecule has 0 radical (unpaired) electrons. The zero-order valence-corrected chi connectivity index (χ0v) is 16.6. The van der Waals surface area contributed by atoms with E-state index in [9.17, 15) is 4.79 Å². The molecule has 2 fully saturated rings. The molecule has 4 atom stereocenters. The highest BCUT2D eigenvalue weighted by molar-refractivity contribution is 5.69. The van der Waals surface area contributed by atoms with Gasteiger partial charge in [-0.1, -0.05) is 46.3 Å². The lowest BCUT2D eigenvalue weighted by molar-refractivity contribution is -0.144. The van der Waals surface area contributed by atoms with Crippen molar-refractivity contribution in [2.75, 3.05) is 6.61 Å². The van der Waals surface area contributed by atoms with Gasteiger partial charge in [0.25, 0.3) is 0 Å². The molecule has 2 heteroatoms. The molecule has 0 amide bonds. The number of esters is 1. The second-order valence-corrected chi connectivity index (χ2v) is 9.34. The van der Waals surface area contributed by atoms with Crippen molar-refractivity contribution in [1.82, 2.24) is 0 Å². The molecule has 2 aliphatic rings. The Balaban J connectivity index is 2.02. The van der Waals surface area contributed by atoms with E-state index in [1.807, 2.05) is 6.92 Å². The summed E-state index contributed by atoms with van der Waals surface area (Å²) in [4.78, 5) is 11.7. The predicted molar refractivity (Wildman–Crippen MR) is 101 cm³/mol. The SMILES string of the molecule is C=C1CC[C@H]2C(C)(C)CCC[C@@]2(C)[C@H]1CC[C@H](C)CC(=O)OCC. The van der Waals surface area contributed by atoms with E-state index < -0.39 is 0 Å². The number of allylic oxidation sites excluding steroid dienone is 1. The van der Waals surface area contributed by atoms with Crippen LogP contribution in [0.25, 0.3) is 0 Å². The lowest BCUT2D eigenvalue weighted by Crippen LogP contribution is -2.49. The van der Waals surface area contributed by atoms with Crippen molar-refractivity contribution in [2.45, 2.75) is 86.0 Å². The van der Waals surface area contributed by atoms with Crippen LogP contribution in [0.2, 0.25) is 0 Å². The molecule has 2 saturated carbocycles. The van der Waals surface area contributed by atoms with Crippen molar-refractivity contribution < 1.29 is 9.53 Å². The fourth-order valence-electron chi connectivity index (χ4n) is 5.87. The van der Waals surface area contributed by atoms with Gasteiger partial charge in [-0.3, -0.25) is 4.79 Å². The Kier molecular flexibility index (Phi) is 6.20. The lowest BCUT2D eigenvalue weighted by Gasteiger charge is -2.58. The summed E-state index contributed by atoms with van der Waals surface area (Å²) in [5.74, 6) is 1.79. The van der Waals surface area contributed by atoms with E-state index in [1.165, 1.54) is 44.1 Å². The molecule has 0 unspecified atom stereocenters. The van der Waals surface area contributed by atoms with Crippen LogP contribution in [0.1, 0.15) is 86.0 Å². The Morgan fingerprint density at radius 2 is 2.04 bits per heavy atom. The molecule has 24 heavy (non-hydrogen) atoms. The number of fused-ring (bicyclic) bond motifs is 1. The number of ether oxygens (including phenoxy) is 1. The van der Waals surface area contributed by atoms with Gasteiger partial charge in [0, 0.05) is 6.42 Å². The van der Waals surface area contributed by atoms with Crippen LogP contribution in [0, 0.1) is 28.6 Å². The summed E-state index contributed by atoms with van der Waals surface area (Å²) in [6.45, 7) is 16.5. The summed E-state index contributed by atoms with van der Waals surface area (Å²) in [6, 6.07) is 0. The third kappa shape index (κ3) is 4.06. The zero-order valence-electron chi connectivity index (χ0n) is 16.6. The van der Waals surface area contributed by atoms with Crippen LogP contribution >= 0.6 is 0 Å². The van der Waals surface area contributed by atoms with E-state index in [4.69, 9.17) is 4.74 Å². The van der Waals surface area contributed by atoms with Gasteiger partial charge in [0.2, 0.25) is 0 Å². The standard InChI is InChI=1S/C22H38O2/c1-7-24-20(23)15-16(2)9-11-18-17(3)10-12-19-21(4,5)13-8-14-22(18,19)6/h16,18-19H,3,7-15H2,1-2,4-6H3/t16-,18-,19-,22-/m0/s1. The highest BCUT2D eigenvalue weighted by Gasteiger charge is 2.52. The van der Waals surface area contributed by atoms with Gasteiger partial charge in [-0.15, -0.1) is 0 Å². The maximum atomic E-state index is 11.7. The van der Waals surface area contributed by atoms with E-state index in [0.29, 0.717) is 35.7 Å². The van der Waals surface area contributed by atoms with Gasteiger partial charge in [-0.2, -0.15) is 0 Å². The molecule has 2 rings (SSSR count). The van der Waals surface area contributed by atoms with Crippen molar-refractivity contribution in [3.05, 3.63) is 12.2 Å². The highest BCUT2D eigenvalue weighted by Crippen LogP contribution is 2.61. The minimum atomic E-state index is -0.0460. The molecule has 0 aromatic heterocycles. The third-order valence-electron chi connectivity index (χ3n) is 7.09. The summed E-state index contributed by atoms with van der Waals surface area (Å²) in [5.41, 5.74) is 2.33. The molecule has 0 aromatic rings. The number of carbonyl (C=O) groups excluding carboxylic acids is 1. The van der Waals surface area contributed by atoms with Gasteiger partial charge in [-0.25, -0.2) is 0 Å². The summed E-state index contributed by atoms with van der Waals surface area (Å²) in [5, 5.41) is 0. The van der Waals surface area contributed by atoms with Gasteiger partial charge in [0.05, 0.1) is 6.61 Å². The molecular formula is C22H38O2. The highest BCUT2D eigenvalue weighted by atomic mass is 16.5. The van der Waals surface area contributed by atoms with Crippen molar-refractivity contribution in [2.24, 2.45) is 28.6 Å². The number of rotatable bonds is 6. The summed E-state index contributed by atoms with van der Waals surface area (Å²) in [6.07, 6.45) is 9.41. The molecule has 0 saturated heterocycles. The minimum Gasteiger partial charge on any atom is -0.466 e. The van der Waals surface area contributed by atoms with Crippen LogP contribution in [0.4, 0.5) is 0 Å². The number of carbonyl (C=O) groups is 1. The Labute approximate surface area is 149 Å². The van der Waals surface area contributed by atoms with Crippen LogP contribution in [0.5, 0.6) is 0 Å². The van der Waals surface area contributed by atoms with Crippen molar-refractivity contribution in [1.29, 1.82) is 0 Å². The first kappa shape index (κ1) is 19.5. The van der Waals surface area contributed by atoms with Crippen LogP contribution in [-0.2, 0) is 9.53 Å². The predicted octanol–water partition coefficient (Wildman–Crippen LogP) is 6.15. The summed E-state index contributed by atoms with van der Waals surface area (Å²) < 4.78 is 5.10. The molecule has 2 aliphatic carbocycles. The van der Waals surface area contributed by atoms with E-state index >= 15 is 0 Å². The molecule has 0 bridgehead atoms. The molecule has 0 heterocycles. The topological polar surface area (TPSA) is 26.3 Å². The summed E-state index contributed by atoms with van der Waals surface area (Å²) in [7, 11) is 0. The van der Waals surface area contributed by atoms with Crippen molar-refractivity contribution in [3.63, 3.8) is 0 Å². The van der Waals surface area contributed by atoms with E-state index in [1.54, 1.807) is 0 Å². The van der Waals surface area contributed by atoms with Gasteiger partial charge in [0.15, 0.2) is 0 Å². The molecule has 2 nitrogen and oxygen atoms in total. The quantitative estimate of drug-likeness (QED) is 0.430. The monoisotopic (exact) mass is 334 g/mol. The number of hydrogen-bond donors (Lipinski definition) is 0. The smallest absolute Gasteiger partial charge is 0.306 e. The van der Waals surface area contributed by atoms with Crippen LogP contribution < -0.4 is 0 Å². The van der Waals surface area contributed by atoms with Crippen LogP contribution in [0.3, 0.4) is 0 Å². The Bertz CT molecular complexity index is 465. The maximum absolute atomic E-state index is 11.7. The Morgan fingerprint density at radius 3 is 2.71 bits per heavy atom. The van der Waals surface area contributed by atoms with Gasteiger partial charge < -0.3 is 4.74 Å². The summed E-state index contributed by atoms with van der Waals surface area (Å²) >= 11 is 0. The van der Waals surface area contributed by atoms with Crippen molar-refractivity contribution in [3.8, 4) is 0 Å². The molecule has 0 aliphatic heterocycles. The fourth-order valence-corrected chi connectivity index (χ4v) is 5.87. The first-order chi connectivity index (χ1) is 11.2. The maximum Gasteiger partial charge on any atom is 0.306 e. The van der Waals surface area contributed by atoms with Gasteiger partial charge in [-0.05, 0) is 74.0 Å².